The van der Waals surface area contributed by atoms with Gasteiger partial charge in [-0.3, -0.25) is 4.79 Å². The molecule has 0 bridgehead atoms. The summed E-state index contributed by atoms with van der Waals surface area (Å²) in [6.07, 6.45) is 1.44. The van der Waals surface area contributed by atoms with E-state index < -0.39 is 5.91 Å². The first kappa shape index (κ1) is 16.1. The molecule has 0 aromatic heterocycles. The molecule has 2 aromatic rings. The van der Waals surface area contributed by atoms with Crippen LogP contribution in [0.2, 0.25) is 0 Å². The first-order valence-electron chi connectivity index (χ1n) is 6.91. The van der Waals surface area contributed by atoms with E-state index in [9.17, 15) is 15.2 Å². The Morgan fingerprint density at radius 1 is 1.30 bits per heavy atom. The van der Waals surface area contributed by atoms with Crippen molar-refractivity contribution in [3.05, 3.63) is 59.2 Å². The number of aryl methyl sites for hydroxylation is 1. The fourth-order valence-electron chi connectivity index (χ4n) is 2.00. The Kier molecular flexibility index (Phi) is 5.00. The highest BCUT2D eigenvalue weighted by Crippen LogP contribution is 2.27. The lowest BCUT2D eigenvalue weighted by molar-refractivity contribution is -0.112. The highest BCUT2D eigenvalue weighted by atomic mass is 16.5. The Labute approximate surface area is 134 Å². The second-order valence-corrected chi connectivity index (χ2v) is 4.87. The van der Waals surface area contributed by atoms with Gasteiger partial charge in [-0.25, -0.2) is 0 Å². The highest BCUT2D eigenvalue weighted by Gasteiger charge is 2.11. The van der Waals surface area contributed by atoms with E-state index in [2.05, 4.69) is 5.32 Å². The van der Waals surface area contributed by atoms with Crippen LogP contribution in [0, 0.1) is 18.3 Å². The summed E-state index contributed by atoms with van der Waals surface area (Å²) in [7, 11) is 1.43. The van der Waals surface area contributed by atoms with Gasteiger partial charge in [-0.15, -0.1) is 0 Å². The van der Waals surface area contributed by atoms with E-state index in [0.717, 1.165) is 5.56 Å². The van der Waals surface area contributed by atoms with Gasteiger partial charge < -0.3 is 15.2 Å². The average Bonchev–Trinajstić information content (AvgIpc) is 2.56. The Morgan fingerprint density at radius 3 is 2.70 bits per heavy atom. The number of nitrogens with one attached hydrogen (secondary N) is 1. The zero-order chi connectivity index (χ0) is 16.8. The Morgan fingerprint density at radius 2 is 2.04 bits per heavy atom. The summed E-state index contributed by atoms with van der Waals surface area (Å²) in [4.78, 5) is 12.2. The largest absolute Gasteiger partial charge is 0.504 e. The molecular weight excluding hydrogens is 292 g/mol. The number of carbonyl (C=O) groups excluding carboxylic acids is 1. The molecule has 2 rings (SSSR count). The number of anilines is 1. The van der Waals surface area contributed by atoms with Crippen molar-refractivity contribution < 1.29 is 14.6 Å². The average molecular weight is 308 g/mol. The maximum absolute atomic E-state index is 12.2. The maximum atomic E-state index is 12.2. The molecule has 1 amide bonds. The number of hydrogen-bond donors (Lipinski definition) is 2. The predicted molar refractivity (Wildman–Crippen MR) is 88.1 cm³/mol. The number of benzene rings is 2. The predicted octanol–water partition coefficient (Wildman–Crippen LogP) is 3.25. The minimum absolute atomic E-state index is 0.00693. The molecule has 0 aliphatic carbocycles. The van der Waals surface area contributed by atoms with Crippen molar-refractivity contribution in [1.82, 2.24) is 0 Å². The van der Waals surface area contributed by atoms with Crippen LogP contribution >= 0.6 is 0 Å². The molecule has 5 nitrogen and oxygen atoms in total. The van der Waals surface area contributed by atoms with Gasteiger partial charge in [0.05, 0.1) is 7.11 Å². The molecular formula is C18H16N2O3. The zero-order valence-electron chi connectivity index (χ0n) is 12.8. The highest BCUT2D eigenvalue weighted by molar-refractivity contribution is 6.10. The van der Waals surface area contributed by atoms with Crippen LogP contribution < -0.4 is 10.1 Å². The molecule has 0 saturated heterocycles. The summed E-state index contributed by atoms with van der Waals surface area (Å²) in [5.41, 5.74) is 2.10. The molecule has 0 unspecified atom stereocenters. The number of nitriles is 1. The summed E-state index contributed by atoms with van der Waals surface area (Å²) < 4.78 is 5.01. The van der Waals surface area contributed by atoms with Crippen molar-refractivity contribution in [2.45, 2.75) is 6.92 Å². The Hall–Kier alpha value is -3.26. The van der Waals surface area contributed by atoms with Crippen LogP contribution in [0.3, 0.4) is 0 Å². The minimum atomic E-state index is -0.492. The SMILES string of the molecule is COc1cc(C=C(C#N)C(=O)Nc2ccccc2C)ccc1O. The Balaban J connectivity index is 2.27. The molecule has 0 spiro atoms. The van der Waals surface area contributed by atoms with Gasteiger partial charge in [0.15, 0.2) is 11.5 Å². The van der Waals surface area contributed by atoms with E-state index in [1.807, 2.05) is 31.2 Å². The van der Waals surface area contributed by atoms with E-state index in [1.165, 1.54) is 19.3 Å². The van der Waals surface area contributed by atoms with Crippen molar-refractivity contribution in [3.63, 3.8) is 0 Å². The lowest BCUT2D eigenvalue weighted by Gasteiger charge is -2.08. The molecule has 0 aliphatic heterocycles. The Bertz CT molecular complexity index is 804. The van der Waals surface area contributed by atoms with Crippen LogP contribution in [0.15, 0.2) is 48.0 Å². The van der Waals surface area contributed by atoms with E-state index in [1.54, 1.807) is 18.2 Å². The summed E-state index contributed by atoms with van der Waals surface area (Å²) in [6, 6.07) is 13.8. The van der Waals surface area contributed by atoms with Crippen molar-refractivity contribution in [3.8, 4) is 17.6 Å². The second kappa shape index (κ2) is 7.14. The number of aromatic hydroxyl groups is 1. The number of rotatable bonds is 4. The number of hydrogen-bond acceptors (Lipinski definition) is 4. The van der Waals surface area contributed by atoms with Crippen LogP contribution in [0.4, 0.5) is 5.69 Å². The van der Waals surface area contributed by atoms with Gasteiger partial charge in [-0.2, -0.15) is 5.26 Å². The number of methoxy groups -OCH3 is 1. The van der Waals surface area contributed by atoms with E-state index >= 15 is 0 Å². The van der Waals surface area contributed by atoms with Crippen molar-refractivity contribution in [2.24, 2.45) is 0 Å². The fraction of sp³-hybridized carbons (Fsp3) is 0.111. The molecule has 0 heterocycles. The number of carbonyl (C=O) groups is 1. The third-order valence-corrected chi connectivity index (χ3v) is 3.27. The number of phenols is 1. The number of nitrogens with zero attached hydrogens (tertiary/aromatic N) is 1. The third kappa shape index (κ3) is 3.89. The van der Waals surface area contributed by atoms with Crippen LogP contribution in [0.25, 0.3) is 6.08 Å². The van der Waals surface area contributed by atoms with Gasteiger partial charge in [-0.05, 0) is 42.3 Å². The van der Waals surface area contributed by atoms with Crippen molar-refractivity contribution >= 4 is 17.7 Å². The molecule has 23 heavy (non-hydrogen) atoms. The lowest BCUT2D eigenvalue weighted by Crippen LogP contribution is -2.14. The van der Waals surface area contributed by atoms with E-state index in [-0.39, 0.29) is 17.1 Å². The monoisotopic (exact) mass is 308 g/mol. The van der Waals surface area contributed by atoms with Gasteiger partial charge in [0.1, 0.15) is 11.6 Å². The quantitative estimate of drug-likeness (QED) is 0.671. The smallest absolute Gasteiger partial charge is 0.266 e. The number of ether oxygens (including phenoxy) is 1. The van der Waals surface area contributed by atoms with Crippen molar-refractivity contribution in [2.75, 3.05) is 12.4 Å². The molecule has 0 fully saturated rings. The summed E-state index contributed by atoms with van der Waals surface area (Å²) >= 11 is 0. The molecule has 2 aromatic carbocycles. The fourth-order valence-corrected chi connectivity index (χ4v) is 2.00. The van der Waals surface area contributed by atoms with Crippen LogP contribution in [-0.4, -0.2) is 18.1 Å². The van der Waals surface area contributed by atoms with E-state index in [0.29, 0.717) is 11.3 Å². The van der Waals surface area contributed by atoms with E-state index in [4.69, 9.17) is 4.74 Å². The number of amides is 1. The number of phenolic OH excluding ortho intramolecular Hbond substituents is 1. The third-order valence-electron chi connectivity index (χ3n) is 3.27. The maximum Gasteiger partial charge on any atom is 0.266 e. The topological polar surface area (TPSA) is 82.3 Å². The first-order chi connectivity index (χ1) is 11.0. The molecule has 0 atom stereocenters. The van der Waals surface area contributed by atoms with Crippen molar-refractivity contribution in [1.29, 1.82) is 5.26 Å². The minimum Gasteiger partial charge on any atom is -0.504 e. The van der Waals surface area contributed by atoms with Gasteiger partial charge in [0.2, 0.25) is 0 Å². The molecule has 0 radical (unpaired) electrons. The molecule has 5 heteroatoms. The zero-order valence-corrected chi connectivity index (χ0v) is 12.8. The van der Waals surface area contributed by atoms with Crippen LogP contribution in [0.5, 0.6) is 11.5 Å². The van der Waals surface area contributed by atoms with Gasteiger partial charge in [0, 0.05) is 5.69 Å². The summed E-state index contributed by atoms with van der Waals surface area (Å²) in [6.45, 7) is 1.87. The molecule has 0 saturated carbocycles. The van der Waals surface area contributed by atoms with Crippen LogP contribution in [0.1, 0.15) is 11.1 Å². The first-order valence-corrected chi connectivity index (χ1v) is 6.91. The molecule has 0 aliphatic rings. The molecule has 116 valence electrons. The molecule has 2 N–H and O–H groups in total. The second-order valence-electron chi connectivity index (χ2n) is 4.87. The lowest BCUT2D eigenvalue weighted by atomic mass is 10.1. The van der Waals surface area contributed by atoms with Crippen LogP contribution in [-0.2, 0) is 4.79 Å². The standard InChI is InChI=1S/C18H16N2O3/c1-12-5-3-4-6-15(12)20-18(22)14(11-19)9-13-7-8-16(21)17(10-13)23-2/h3-10,21H,1-2H3,(H,20,22). The summed E-state index contributed by atoms with van der Waals surface area (Å²) in [5, 5.41) is 21.5. The van der Waals surface area contributed by atoms with Gasteiger partial charge >= 0.3 is 0 Å². The van der Waals surface area contributed by atoms with Gasteiger partial charge in [0.25, 0.3) is 5.91 Å². The summed E-state index contributed by atoms with van der Waals surface area (Å²) in [5.74, 6) is -0.225. The normalized spacial score (nSPS) is 10.7. The van der Waals surface area contributed by atoms with Gasteiger partial charge in [-0.1, -0.05) is 24.3 Å². The number of para-hydroxylation sites is 1.